The highest BCUT2D eigenvalue weighted by Crippen LogP contribution is 2.51. The molecular formula is C52H66N4O12. The molecule has 0 unspecified atom stereocenters. The zero-order chi connectivity index (χ0) is 49.5. The number of aliphatic hydroxyl groups is 1. The number of hydrogen-bond acceptors (Lipinski definition) is 15. The molecule has 16 heteroatoms. The molecule has 2 aromatic carbocycles. The number of ether oxygens (including phenoxy) is 4. The Kier molecular flexibility index (Phi) is 14.6. The van der Waals surface area contributed by atoms with Crippen LogP contribution < -0.4 is 25.7 Å². The van der Waals surface area contributed by atoms with Gasteiger partial charge in [0.05, 0.1) is 29.4 Å². The molecule has 0 saturated carbocycles. The summed E-state index contributed by atoms with van der Waals surface area (Å²) in [5, 5.41) is 40.8. The summed E-state index contributed by atoms with van der Waals surface area (Å²) in [4.78, 5) is 63.3. The number of amides is 1. The number of allylic oxidation sites excluding steroid dienone is 2. The number of ketones is 1. The predicted molar refractivity (Wildman–Crippen MR) is 259 cm³/mol. The number of carbonyl (C=O) groups excluding carboxylic acids is 3. The number of phenolic OH excluding ortho intramolecular Hbond substituents is 2. The van der Waals surface area contributed by atoms with Gasteiger partial charge in [0.2, 0.25) is 5.43 Å². The molecule has 1 amide bonds. The van der Waals surface area contributed by atoms with Gasteiger partial charge >= 0.3 is 11.8 Å². The Morgan fingerprint density at radius 3 is 2.37 bits per heavy atom. The maximum Gasteiger partial charge on any atom is 0.312 e. The van der Waals surface area contributed by atoms with Gasteiger partial charge in [-0.3, -0.25) is 19.2 Å². The minimum Gasteiger partial charge on any atom is -0.507 e. The number of fused-ring (bicyclic) bond motifs is 14. The van der Waals surface area contributed by atoms with Gasteiger partial charge in [0, 0.05) is 80.2 Å². The number of benzene rings is 3. The van der Waals surface area contributed by atoms with Gasteiger partial charge in [0.25, 0.3) is 11.7 Å². The Balaban J connectivity index is 1.42. The number of carbonyl (C=O) groups is 3. The molecular weight excluding hydrogens is 873 g/mol. The number of esters is 1. The lowest BCUT2D eigenvalue weighted by Gasteiger charge is -2.39. The van der Waals surface area contributed by atoms with Gasteiger partial charge in [-0.2, -0.15) is 0 Å². The molecule has 5 N–H and O–H groups in total. The molecule has 8 rings (SSSR count). The van der Waals surface area contributed by atoms with Crippen LogP contribution in [-0.4, -0.2) is 95.4 Å². The number of Topliss-reactive ketones (excluding diaryl/α,β-unsaturated/α-hetero) is 1. The summed E-state index contributed by atoms with van der Waals surface area (Å²) in [6.07, 6.45) is 7.53. The van der Waals surface area contributed by atoms with Gasteiger partial charge in [-0.1, -0.05) is 59.8 Å². The molecule has 6 aliphatic rings. The molecule has 0 spiro atoms. The molecule has 5 heterocycles. The van der Waals surface area contributed by atoms with E-state index in [4.69, 9.17) is 28.3 Å². The van der Waals surface area contributed by atoms with Crippen molar-refractivity contribution in [2.75, 3.05) is 43.5 Å². The summed E-state index contributed by atoms with van der Waals surface area (Å²) in [7, 11) is 1.50. The average Bonchev–Trinajstić information content (AvgIpc) is 3.58. The van der Waals surface area contributed by atoms with Gasteiger partial charge in [-0.05, 0) is 69.5 Å². The molecule has 1 fully saturated rings. The van der Waals surface area contributed by atoms with Crippen LogP contribution in [0.4, 0.5) is 11.4 Å². The van der Waals surface area contributed by atoms with Gasteiger partial charge in [0.15, 0.2) is 11.3 Å². The van der Waals surface area contributed by atoms with Gasteiger partial charge in [-0.15, -0.1) is 0 Å². The third-order valence-electron chi connectivity index (χ3n) is 14.7. The second-order valence-corrected chi connectivity index (χ2v) is 19.1. The topological polar surface area (TPSA) is 219 Å². The number of nitrogens with zero attached hydrogens (tertiary/aromatic N) is 2. The van der Waals surface area contributed by atoms with Crippen molar-refractivity contribution in [2.24, 2.45) is 35.5 Å². The molecule has 1 saturated heterocycles. The first-order chi connectivity index (χ1) is 32.2. The minimum absolute atomic E-state index is 0.0122. The SMILES string of the molecule is CCNCC1CCN(c2cc(O)c3nc4c5c6c7c(C)c(O)c5c(=O)c(c-4oc3c2)NC(=O)/C(C)=C\C=C\[C@H](C)[C@H](O)[C@@H](C)[C@@H](C)[C@@H](C)[C@H](OC(C)=O)[C@H](C)[C@@H](OC)/C=C/O[C@@](C)(O7)C6=O)CC1. The zero-order valence-electron chi connectivity index (χ0n) is 40.9. The fourth-order valence-corrected chi connectivity index (χ4v) is 10.0. The Hall–Kier alpha value is -5.97. The van der Waals surface area contributed by atoms with Gasteiger partial charge in [0.1, 0.15) is 40.3 Å². The standard InChI is InChI=1S/C52H66N4O12/c1-12-53-24-33-16-19-56(20-17-33)34-22-35(58)41-37(23-34)67-49-42(54-41)38-39-45(60)31(8)48-40(38)50(62)52(10,68-48)65-21-18-36(64-11)30(7)47(66-32(9)57)29(6)27(4)28(5)44(59)25(2)14-13-15-26(3)51(63)55-43(49)46(39)61/h13-15,18,21-23,25,27-30,33,36,44,47,53,58-60H,12,16-17,19-20,24H2,1-11H3,(H,55,63)/b14-13+,21-18+,26-15-/t25-,27+,28-,29+,30+,36-,44-,47-,52-/m0/s1. The highest BCUT2D eigenvalue weighted by atomic mass is 16.7. The molecule has 16 nitrogen and oxygen atoms in total. The normalized spacial score (nSPS) is 29.4. The highest BCUT2D eigenvalue weighted by Gasteiger charge is 2.50. The van der Waals surface area contributed by atoms with Crippen LogP contribution in [0.3, 0.4) is 0 Å². The quantitative estimate of drug-likeness (QED) is 0.0709. The number of aromatic hydroxyl groups is 2. The third-order valence-corrected chi connectivity index (χ3v) is 14.7. The Labute approximate surface area is 396 Å². The van der Waals surface area contributed by atoms with Crippen LogP contribution in [0.25, 0.3) is 33.3 Å². The summed E-state index contributed by atoms with van der Waals surface area (Å²) < 4.78 is 30.8. The van der Waals surface area contributed by atoms with Crippen LogP contribution >= 0.6 is 0 Å². The van der Waals surface area contributed by atoms with Crippen LogP contribution in [0.15, 0.2) is 57.5 Å². The van der Waals surface area contributed by atoms with Crippen LogP contribution in [-0.2, 0) is 23.8 Å². The second kappa shape index (κ2) is 19.9. The van der Waals surface area contributed by atoms with Gasteiger partial charge < -0.3 is 54.2 Å². The van der Waals surface area contributed by atoms with E-state index in [-0.39, 0.29) is 90.9 Å². The van der Waals surface area contributed by atoms with Crippen molar-refractivity contribution in [3.8, 4) is 28.7 Å². The van der Waals surface area contributed by atoms with Crippen molar-refractivity contribution in [1.82, 2.24) is 10.3 Å². The monoisotopic (exact) mass is 938 g/mol. The molecule has 2 aromatic rings. The van der Waals surface area contributed by atoms with Crippen LogP contribution in [0, 0.1) is 42.4 Å². The van der Waals surface area contributed by atoms with Crippen LogP contribution in [0.1, 0.15) is 91.1 Å². The van der Waals surface area contributed by atoms with E-state index in [9.17, 15) is 34.5 Å². The summed E-state index contributed by atoms with van der Waals surface area (Å²) in [6, 6.07) is 3.32. The molecule has 68 heavy (non-hydrogen) atoms. The smallest absolute Gasteiger partial charge is 0.312 e. The van der Waals surface area contributed by atoms with E-state index in [2.05, 4.69) is 22.5 Å². The number of nitrogens with one attached hydrogen (secondary N) is 2. The molecule has 1 aliphatic carbocycles. The Bertz CT molecular complexity index is 2720. The van der Waals surface area contributed by atoms with Crippen molar-refractivity contribution in [2.45, 2.75) is 106 Å². The number of aromatic nitrogens is 1. The third kappa shape index (κ3) is 9.29. The second-order valence-electron chi connectivity index (χ2n) is 19.1. The van der Waals surface area contributed by atoms with Crippen molar-refractivity contribution in [3.63, 3.8) is 0 Å². The van der Waals surface area contributed by atoms with E-state index >= 15 is 0 Å². The number of methoxy groups -OCH3 is 1. The van der Waals surface area contributed by atoms with E-state index < -0.39 is 58.9 Å². The van der Waals surface area contributed by atoms with Crippen molar-refractivity contribution in [3.05, 3.63) is 69.6 Å². The average molecular weight is 939 g/mol. The van der Waals surface area contributed by atoms with Gasteiger partial charge in [-0.25, -0.2) is 4.98 Å². The van der Waals surface area contributed by atoms with Crippen molar-refractivity contribution in [1.29, 1.82) is 0 Å². The first-order valence-corrected chi connectivity index (χ1v) is 23.6. The maximum absolute atomic E-state index is 14.9. The Morgan fingerprint density at radius 2 is 1.71 bits per heavy atom. The number of phenols is 2. The number of aliphatic hydroxyl groups excluding tert-OH is 1. The highest BCUT2D eigenvalue weighted by molar-refractivity contribution is 6.22. The fourth-order valence-electron chi connectivity index (χ4n) is 10.0. The minimum atomic E-state index is -2.04. The predicted octanol–water partition coefficient (Wildman–Crippen LogP) is 7.76. The summed E-state index contributed by atoms with van der Waals surface area (Å²) in [6.45, 7) is 20.8. The fraction of sp³-hybridized carbons (Fsp3) is 0.519. The van der Waals surface area contributed by atoms with E-state index in [1.54, 1.807) is 43.4 Å². The summed E-state index contributed by atoms with van der Waals surface area (Å²) in [5.74, 6) is -5.93. The number of hydrogen-bond donors (Lipinski definition) is 5. The number of anilines is 2. The number of rotatable bonds is 6. The summed E-state index contributed by atoms with van der Waals surface area (Å²) in [5.41, 5.74) is -0.396. The maximum atomic E-state index is 14.9. The lowest BCUT2D eigenvalue weighted by molar-refractivity contribution is -0.157. The van der Waals surface area contributed by atoms with Crippen LogP contribution in [0.5, 0.6) is 17.2 Å². The number of piperidine rings is 1. The largest absolute Gasteiger partial charge is 0.507 e. The first kappa shape index (κ1) is 49.9. The molecule has 5 bridgehead atoms. The lowest BCUT2D eigenvalue weighted by atomic mass is 9.73. The first-order valence-electron chi connectivity index (χ1n) is 23.6. The molecule has 366 valence electrons. The van der Waals surface area contributed by atoms with Crippen molar-refractivity contribution >= 4 is 50.9 Å². The molecule has 0 aromatic heterocycles. The van der Waals surface area contributed by atoms with E-state index in [0.717, 1.165) is 39.0 Å². The molecule has 0 radical (unpaired) electrons. The lowest BCUT2D eigenvalue weighted by Crippen LogP contribution is -2.43. The summed E-state index contributed by atoms with van der Waals surface area (Å²) >= 11 is 0. The molecule has 5 aliphatic heterocycles. The van der Waals surface area contributed by atoms with E-state index in [1.165, 1.54) is 34.1 Å². The van der Waals surface area contributed by atoms with Crippen molar-refractivity contribution < 1.29 is 53.1 Å². The molecule has 9 atom stereocenters. The van der Waals surface area contributed by atoms with Crippen LogP contribution in [0.2, 0.25) is 0 Å². The zero-order valence-corrected chi connectivity index (χ0v) is 40.9. The van der Waals surface area contributed by atoms with E-state index in [0.29, 0.717) is 11.6 Å². The Morgan fingerprint density at radius 1 is 1.00 bits per heavy atom. The van der Waals surface area contributed by atoms with E-state index in [1.807, 2.05) is 34.6 Å².